The Morgan fingerprint density at radius 1 is 0.939 bits per heavy atom. The number of para-hydroxylation sites is 1. The van der Waals surface area contributed by atoms with Crippen molar-refractivity contribution in [3.8, 4) is 0 Å². The van der Waals surface area contributed by atoms with Gasteiger partial charge in [0.25, 0.3) is 5.91 Å². The van der Waals surface area contributed by atoms with Gasteiger partial charge in [-0.25, -0.2) is 0 Å². The number of nitrogens with zero attached hydrogens (tertiary/aromatic N) is 3. The highest BCUT2D eigenvalue weighted by atomic mass is 28.4. The minimum atomic E-state index is -3.04. The number of aliphatic hydroxyl groups is 1. The van der Waals surface area contributed by atoms with E-state index in [2.05, 4.69) is 0 Å². The van der Waals surface area contributed by atoms with Crippen LogP contribution < -0.4 is 9.80 Å². The van der Waals surface area contributed by atoms with E-state index < -0.39 is 31.5 Å². The Kier molecular flexibility index (Phi) is 9.02. The minimum absolute atomic E-state index is 0.0231. The SMILES string of the molecule is C[C@@H]1[C@@H]([Si](C)(C)O)[C@H](CC(=O)N2Cc3ccccc3C[C@H]2CO)O[C@@]12C(=O)N(c1ccccc1)c1ccc(N3CCCCCCC3=O)cc12. The molecule has 0 unspecified atom stereocenters. The quantitative estimate of drug-likeness (QED) is 0.319. The van der Waals surface area contributed by atoms with E-state index in [1.165, 1.54) is 0 Å². The largest absolute Gasteiger partial charge is 0.432 e. The molecular formula is C39H47N3O6Si. The molecule has 10 heteroatoms. The zero-order valence-corrected chi connectivity index (χ0v) is 29.7. The minimum Gasteiger partial charge on any atom is -0.432 e. The molecule has 2 saturated heterocycles. The highest BCUT2D eigenvalue weighted by molar-refractivity contribution is 6.71. The second-order valence-electron chi connectivity index (χ2n) is 14.8. The normalized spacial score (nSPS) is 27.2. The molecule has 49 heavy (non-hydrogen) atoms. The van der Waals surface area contributed by atoms with Gasteiger partial charge in [-0.05, 0) is 73.8 Å². The fraction of sp³-hybridized carbons (Fsp3) is 0.462. The first kappa shape index (κ1) is 33.7. The molecule has 2 N–H and O–H groups in total. The molecule has 0 saturated carbocycles. The van der Waals surface area contributed by atoms with E-state index in [0.717, 1.165) is 42.5 Å². The second kappa shape index (κ2) is 13.1. The Balaban J connectivity index is 1.30. The standard InChI is InChI=1S/C39H47N3O6Si/c1-26-37(49(2,3)47)34(23-36(45)41-24-28-14-11-10-13-27(28)21-31(41)25-43)48-39(26)32-22-30(40-20-12-5-4-9-17-35(40)44)18-19-33(32)42(38(39)46)29-15-7-6-8-16-29/h6-8,10-11,13-16,18-19,22,26,31,34,37,43,47H,4-5,9,12,17,20-21,23-25H2,1-3H3/t26-,31+,34+,37-,39+/m1/s1. The molecule has 1 spiro atoms. The van der Waals surface area contributed by atoms with Crippen molar-refractivity contribution in [1.29, 1.82) is 0 Å². The highest BCUT2D eigenvalue weighted by Crippen LogP contribution is 2.61. The predicted molar refractivity (Wildman–Crippen MR) is 191 cm³/mol. The molecule has 258 valence electrons. The third-order valence-electron chi connectivity index (χ3n) is 11.3. The Bertz CT molecular complexity index is 1740. The molecule has 9 nitrogen and oxygen atoms in total. The predicted octanol–water partition coefficient (Wildman–Crippen LogP) is 5.80. The maximum Gasteiger partial charge on any atom is 0.268 e. The van der Waals surface area contributed by atoms with Gasteiger partial charge in [-0.3, -0.25) is 19.3 Å². The van der Waals surface area contributed by atoms with E-state index in [0.29, 0.717) is 42.9 Å². The fourth-order valence-corrected chi connectivity index (χ4v) is 11.5. The number of hydrogen-bond acceptors (Lipinski definition) is 6. The zero-order chi connectivity index (χ0) is 34.5. The molecule has 4 heterocycles. The average Bonchev–Trinajstić information content (AvgIpc) is 3.52. The van der Waals surface area contributed by atoms with Crippen molar-refractivity contribution in [2.45, 2.75) is 94.8 Å². The van der Waals surface area contributed by atoms with Crippen LogP contribution in [0.15, 0.2) is 72.8 Å². The van der Waals surface area contributed by atoms with Crippen molar-refractivity contribution in [2.24, 2.45) is 5.92 Å². The topological polar surface area (TPSA) is 111 Å². The number of fused-ring (bicyclic) bond motifs is 3. The van der Waals surface area contributed by atoms with Gasteiger partial charge in [0.2, 0.25) is 11.8 Å². The summed E-state index contributed by atoms with van der Waals surface area (Å²) in [5.74, 6) is -0.816. The van der Waals surface area contributed by atoms with Crippen LogP contribution >= 0.6 is 0 Å². The number of anilines is 3. The summed E-state index contributed by atoms with van der Waals surface area (Å²) in [6.45, 7) is 6.51. The van der Waals surface area contributed by atoms with E-state index in [1.807, 2.05) is 97.7 Å². The van der Waals surface area contributed by atoms with Gasteiger partial charge in [0.05, 0.1) is 30.9 Å². The Hall–Kier alpha value is -3.83. The van der Waals surface area contributed by atoms with Gasteiger partial charge in [-0.1, -0.05) is 62.2 Å². The summed E-state index contributed by atoms with van der Waals surface area (Å²) < 4.78 is 7.04. The Morgan fingerprint density at radius 2 is 1.65 bits per heavy atom. The molecule has 3 amide bonds. The molecule has 7 rings (SSSR count). The maximum atomic E-state index is 15.0. The van der Waals surface area contributed by atoms with E-state index in [9.17, 15) is 19.5 Å². The molecule has 3 aromatic rings. The van der Waals surface area contributed by atoms with E-state index in [1.54, 1.807) is 9.80 Å². The van der Waals surface area contributed by atoms with Gasteiger partial charge in [0.1, 0.15) is 0 Å². The fourth-order valence-electron chi connectivity index (χ4n) is 8.96. The molecule has 4 aliphatic rings. The molecule has 0 bridgehead atoms. The monoisotopic (exact) mass is 681 g/mol. The lowest BCUT2D eigenvalue weighted by Gasteiger charge is -2.37. The smallest absolute Gasteiger partial charge is 0.268 e. The Morgan fingerprint density at radius 3 is 2.39 bits per heavy atom. The van der Waals surface area contributed by atoms with Crippen molar-refractivity contribution < 1.29 is 29.0 Å². The number of benzene rings is 3. The van der Waals surface area contributed by atoms with E-state index in [-0.39, 0.29) is 36.8 Å². The van der Waals surface area contributed by atoms with Crippen LogP contribution in [0.3, 0.4) is 0 Å². The maximum absolute atomic E-state index is 15.0. The van der Waals surface area contributed by atoms with Crippen molar-refractivity contribution in [3.05, 3.63) is 89.5 Å². The van der Waals surface area contributed by atoms with Crippen LogP contribution in [-0.4, -0.2) is 66.1 Å². The van der Waals surface area contributed by atoms with Gasteiger partial charge < -0.3 is 24.4 Å². The van der Waals surface area contributed by atoms with Crippen molar-refractivity contribution in [1.82, 2.24) is 4.90 Å². The van der Waals surface area contributed by atoms with Gasteiger partial charge in [0, 0.05) is 47.9 Å². The lowest BCUT2D eigenvalue weighted by molar-refractivity contribution is -0.150. The number of hydrogen-bond donors (Lipinski definition) is 2. The molecular weight excluding hydrogens is 635 g/mol. The molecule has 0 radical (unpaired) electrons. The second-order valence-corrected chi connectivity index (χ2v) is 18.8. The van der Waals surface area contributed by atoms with Crippen LogP contribution in [0.4, 0.5) is 17.1 Å². The lowest BCUT2D eigenvalue weighted by atomic mass is 9.82. The zero-order valence-electron chi connectivity index (χ0n) is 28.7. The summed E-state index contributed by atoms with van der Waals surface area (Å²) in [5, 5.41) is 10.3. The molecule has 0 aromatic heterocycles. The van der Waals surface area contributed by atoms with Crippen LogP contribution in [0.25, 0.3) is 0 Å². The molecule has 4 aliphatic heterocycles. The third-order valence-corrected chi connectivity index (χ3v) is 13.8. The summed E-state index contributed by atoms with van der Waals surface area (Å²) in [6, 6.07) is 22.9. The van der Waals surface area contributed by atoms with Crippen molar-refractivity contribution in [3.63, 3.8) is 0 Å². The van der Waals surface area contributed by atoms with Crippen LogP contribution in [-0.2, 0) is 37.7 Å². The van der Waals surface area contributed by atoms with E-state index in [4.69, 9.17) is 4.74 Å². The van der Waals surface area contributed by atoms with Crippen LogP contribution in [0.2, 0.25) is 18.6 Å². The number of ether oxygens (including phenoxy) is 1. The third kappa shape index (κ3) is 5.82. The lowest BCUT2D eigenvalue weighted by Crippen LogP contribution is -2.48. The van der Waals surface area contributed by atoms with Crippen LogP contribution in [0.1, 0.15) is 62.1 Å². The first-order valence-corrected chi connectivity index (χ1v) is 20.8. The number of carbonyl (C=O) groups excluding carboxylic acids is 3. The number of carbonyl (C=O) groups is 3. The first-order chi connectivity index (χ1) is 23.5. The number of aliphatic hydroxyl groups excluding tert-OH is 1. The summed E-state index contributed by atoms with van der Waals surface area (Å²) in [7, 11) is -3.04. The molecule has 0 aliphatic carbocycles. The first-order valence-electron chi connectivity index (χ1n) is 17.8. The Labute approximate surface area is 289 Å². The summed E-state index contributed by atoms with van der Waals surface area (Å²) in [4.78, 5) is 59.7. The summed E-state index contributed by atoms with van der Waals surface area (Å²) >= 11 is 0. The number of rotatable bonds is 6. The van der Waals surface area contributed by atoms with Crippen LogP contribution in [0, 0.1) is 5.92 Å². The van der Waals surface area contributed by atoms with Gasteiger partial charge in [0.15, 0.2) is 13.9 Å². The number of amides is 3. The van der Waals surface area contributed by atoms with Gasteiger partial charge in [-0.2, -0.15) is 0 Å². The highest BCUT2D eigenvalue weighted by Gasteiger charge is 2.67. The van der Waals surface area contributed by atoms with Crippen molar-refractivity contribution in [2.75, 3.05) is 23.0 Å². The summed E-state index contributed by atoms with van der Waals surface area (Å²) in [5.41, 5.74) is 3.04. The summed E-state index contributed by atoms with van der Waals surface area (Å²) in [6.07, 6.45) is 4.16. The van der Waals surface area contributed by atoms with Crippen LogP contribution in [0.5, 0.6) is 0 Å². The van der Waals surface area contributed by atoms with Gasteiger partial charge >= 0.3 is 0 Å². The molecule has 2 fully saturated rings. The van der Waals surface area contributed by atoms with Crippen molar-refractivity contribution >= 4 is 43.1 Å². The molecule has 3 aromatic carbocycles. The van der Waals surface area contributed by atoms with Gasteiger partial charge in [-0.15, -0.1) is 0 Å². The van der Waals surface area contributed by atoms with E-state index >= 15 is 4.79 Å². The molecule has 5 atom stereocenters. The average molecular weight is 682 g/mol.